The van der Waals surface area contributed by atoms with Crippen molar-refractivity contribution < 1.29 is 4.79 Å². The maximum atomic E-state index is 12.7. The van der Waals surface area contributed by atoms with Crippen molar-refractivity contribution in [2.45, 2.75) is 50.8 Å². The number of nitrogens with zero attached hydrogens (tertiary/aromatic N) is 2. The van der Waals surface area contributed by atoms with Crippen LogP contribution in [0.5, 0.6) is 0 Å². The molecule has 0 radical (unpaired) electrons. The number of hydrogen-bond donors (Lipinski definition) is 2. The number of hydrogen-bond acceptors (Lipinski definition) is 6. The molecule has 0 bridgehead atoms. The Labute approximate surface area is 190 Å². The van der Waals surface area contributed by atoms with Gasteiger partial charge in [0.2, 0.25) is 5.91 Å². The topological polar surface area (TPSA) is 78.1 Å². The third-order valence-electron chi connectivity index (χ3n) is 5.80. The van der Waals surface area contributed by atoms with Gasteiger partial charge in [0.05, 0.1) is 16.4 Å². The fourth-order valence-corrected chi connectivity index (χ4v) is 5.71. The average molecular weight is 457 g/mol. The molecule has 1 aromatic carbocycles. The number of thioether (sulfide) groups is 1. The standard InChI is InChI=1S/C23H28N4O2S2/c1-14-15(2)31-23-20(14)22(29)25-19(26-23)13-30-16(3)21(28)24-18-9-10-27(12-18)11-17-7-5-4-6-8-17/h4-8,16,18H,9-13H2,1-3H3,(H,24,28)(H,25,26,29)/t16-,18-/m0/s1. The van der Waals surface area contributed by atoms with E-state index in [1.807, 2.05) is 26.8 Å². The van der Waals surface area contributed by atoms with Crippen molar-refractivity contribution in [3.05, 3.63) is 62.5 Å². The molecule has 1 aliphatic heterocycles. The third-order valence-corrected chi connectivity index (χ3v) is 8.05. The summed E-state index contributed by atoms with van der Waals surface area (Å²) in [5.41, 5.74) is 2.20. The Hall–Kier alpha value is -2.16. The highest BCUT2D eigenvalue weighted by Crippen LogP contribution is 2.26. The molecule has 6 nitrogen and oxygen atoms in total. The Balaban J connectivity index is 1.28. The van der Waals surface area contributed by atoms with E-state index in [9.17, 15) is 9.59 Å². The summed E-state index contributed by atoms with van der Waals surface area (Å²) in [6.07, 6.45) is 0.971. The fraction of sp³-hybridized carbons (Fsp3) is 0.435. The van der Waals surface area contributed by atoms with E-state index < -0.39 is 0 Å². The van der Waals surface area contributed by atoms with Crippen molar-refractivity contribution in [1.82, 2.24) is 20.2 Å². The maximum absolute atomic E-state index is 12.7. The number of carbonyl (C=O) groups excluding carboxylic acids is 1. The minimum atomic E-state index is -0.212. The van der Waals surface area contributed by atoms with Crippen LogP contribution in [-0.4, -0.2) is 45.2 Å². The predicted octanol–water partition coefficient (Wildman–Crippen LogP) is 3.61. The Bertz CT molecular complexity index is 1130. The second-order valence-corrected chi connectivity index (χ2v) is 10.7. The number of rotatable bonds is 7. The number of aromatic amines is 1. The molecule has 1 saturated heterocycles. The lowest BCUT2D eigenvalue weighted by Gasteiger charge is -2.18. The first kappa shape index (κ1) is 22.0. The number of nitrogens with one attached hydrogen (secondary N) is 2. The second-order valence-electron chi connectivity index (χ2n) is 8.14. The third kappa shape index (κ3) is 5.19. The quantitative estimate of drug-likeness (QED) is 0.568. The van der Waals surface area contributed by atoms with E-state index in [4.69, 9.17) is 0 Å². The summed E-state index contributed by atoms with van der Waals surface area (Å²) in [4.78, 5) is 36.9. The van der Waals surface area contributed by atoms with Gasteiger partial charge in [-0.25, -0.2) is 4.98 Å². The number of likely N-dealkylation sites (tertiary alicyclic amines) is 1. The summed E-state index contributed by atoms with van der Waals surface area (Å²) in [7, 11) is 0. The van der Waals surface area contributed by atoms with E-state index in [-0.39, 0.29) is 22.8 Å². The molecule has 0 aliphatic carbocycles. The summed E-state index contributed by atoms with van der Waals surface area (Å²) < 4.78 is 0. The number of aromatic nitrogens is 2. The van der Waals surface area contributed by atoms with Gasteiger partial charge in [0, 0.05) is 30.6 Å². The molecule has 164 valence electrons. The van der Waals surface area contributed by atoms with Crippen LogP contribution >= 0.6 is 23.1 Å². The molecule has 2 atom stereocenters. The molecule has 0 spiro atoms. The molecular formula is C23H28N4O2S2. The fourth-order valence-electron chi connectivity index (χ4n) is 3.90. The number of benzene rings is 1. The van der Waals surface area contributed by atoms with Gasteiger partial charge in [-0.3, -0.25) is 14.5 Å². The minimum absolute atomic E-state index is 0.0443. The monoisotopic (exact) mass is 456 g/mol. The molecule has 8 heteroatoms. The van der Waals surface area contributed by atoms with Crippen LogP contribution in [0.4, 0.5) is 0 Å². The highest BCUT2D eigenvalue weighted by molar-refractivity contribution is 7.99. The number of aryl methyl sites for hydroxylation is 2. The van der Waals surface area contributed by atoms with Crippen LogP contribution in [0.1, 0.15) is 35.2 Å². The molecule has 2 N–H and O–H groups in total. The molecule has 1 fully saturated rings. The number of H-pyrrole nitrogens is 1. The largest absolute Gasteiger partial charge is 0.351 e. The lowest BCUT2D eigenvalue weighted by molar-refractivity contribution is -0.120. The van der Waals surface area contributed by atoms with Gasteiger partial charge in [-0.1, -0.05) is 30.3 Å². The minimum Gasteiger partial charge on any atom is -0.351 e. The number of carbonyl (C=O) groups is 1. The van der Waals surface area contributed by atoms with Crippen molar-refractivity contribution >= 4 is 39.2 Å². The van der Waals surface area contributed by atoms with Crippen LogP contribution in [0.3, 0.4) is 0 Å². The summed E-state index contributed by atoms with van der Waals surface area (Å²) in [5, 5.41) is 3.66. The zero-order valence-corrected chi connectivity index (χ0v) is 19.7. The Kier molecular flexibility index (Phi) is 6.79. The second kappa shape index (κ2) is 9.54. The van der Waals surface area contributed by atoms with Crippen molar-refractivity contribution in [3.8, 4) is 0 Å². The van der Waals surface area contributed by atoms with E-state index in [2.05, 4.69) is 44.5 Å². The van der Waals surface area contributed by atoms with Crippen molar-refractivity contribution in [2.24, 2.45) is 0 Å². The zero-order valence-electron chi connectivity index (χ0n) is 18.1. The van der Waals surface area contributed by atoms with E-state index in [1.54, 1.807) is 11.3 Å². The van der Waals surface area contributed by atoms with Gasteiger partial charge in [0.25, 0.3) is 5.56 Å². The van der Waals surface area contributed by atoms with Gasteiger partial charge in [0.1, 0.15) is 10.7 Å². The molecule has 3 aromatic rings. The summed E-state index contributed by atoms with van der Waals surface area (Å²) >= 11 is 3.04. The Morgan fingerprint density at radius 1 is 1.35 bits per heavy atom. The lowest BCUT2D eigenvalue weighted by Crippen LogP contribution is -2.40. The highest BCUT2D eigenvalue weighted by Gasteiger charge is 2.25. The highest BCUT2D eigenvalue weighted by atomic mass is 32.2. The molecular weight excluding hydrogens is 428 g/mol. The van der Waals surface area contributed by atoms with Crippen LogP contribution in [0.2, 0.25) is 0 Å². The molecule has 4 rings (SSSR count). The molecule has 31 heavy (non-hydrogen) atoms. The van der Waals surface area contributed by atoms with E-state index in [0.717, 1.165) is 41.3 Å². The zero-order chi connectivity index (χ0) is 22.0. The van der Waals surface area contributed by atoms with Crippen LogP contribution in [0.15, 0.2) is 35.1 Å². The van der Waals surface area contributed by atoms with Crippen molar-refractivity contribution in [3.63, 3.8) is 0 Å². The van der Waals surface area contributed by atoms with Gasteiger partial charge >= 0.3 is 0 Å². The summed E-state index contributed by atoms with van der Waals surface area (Å²) in [6, 6.07) is 10.6. The van der Waals surface area contributed by atoms with Crippen LogP contribution < -0.4 is 10.9 Å². The van der Waals surface area contributed by atoms with Crippen LogP contribution in [0.25, 0.3) is 10.2 Å². The number of fused-ring (bicyclic) bond motifs is 1. The molecule has 2 aromatic heterocycles. The first-order valence-corrected chi connectivity index (χ1v) is 12.4. The Morgan fingerprint density at radius 3 is 2.90 bits per heavy atom. The first-order chi connectivity index (χ1) is 14.9. The molecule has 3 heterocycles. The van der Waals surface area contributed by atoms with Gasteiger partial charge in [0.15, 0.2) is 0 Å². The molecule has 0 saturated carbocycles. The molecule has 0 unspecified atom stereocenters. The maximum Gasteiger partial charge on any atom is 0.259 e. The van der Waals surface area contributed by atoms with Crippen molar-refractivity contribution in [2.75, 3.05) is 13.1 Å². The summed E-state index contributed by atoms with van der Waals surface area (Å²) in [6.45, 7) is 8.65. The molecule has 1 amide bonds. The van der Waals surface area contributed by atoms with Gasteiger partial charge in [-0.15, -0.1) is 23.1 Å². The number of thiophene rings is 1. The smallest absolute Gasteiger partial charge is 0.259 e. The van der Waals surface area contributed by atoms with Gasteiger partial charge in [-0.2, -0.15) is 0 Å². The number of amides is 1. The summed E-state index contributed by atoms with van der Waals surface area (Å²) in [5.74, 6) is 1.17. The van der Waals surface area contributed by atoms with Gasteiger partial charge < -0.3 is 10.3 Å². The first-order valence-electron chi connectivity index (χ1n) is 10.6. The van der Waals surface area contributed by atoms with E-state index in [1.165, 1.54) is 17.3 Å². The van der Waals surface area contributed by atoms with Crippen LogP contribution in [-0.2, 0) is 17.1 Å². The van der Waals surface area contributed by atoms with E-state index >= 15 is 0 Å². The SMILES string of the molecule is Cc1sc2nc(CS[C@@H](C)C(=O)N[C@H]3CCN(Cc4ccccc4)C3)[nH]c(=O)c2c1C. The average Bonchev–Trinajstić information content (AvgIpc) is 3.30. The normalized spacial score (nSPS) is 17.8. The Morgan fingerprint density at radius 2 is 2.13 bits per heavy atom. The lowest BCUT2D eigenvalue weighted by atomic mass is 10.2. The van der Waals surface area contributed by atoms with Crippen molar-refractivity contribution in [1.29, 1.82) is 0 Å². The van der Waals surface area contributed by atoms with Gasteiger partial charge in [-0.05, 0) is 38.3 Å². The van der Waals surface area contributed by atoms with E-state index in [0.29, 0.717) is 17.0 Å². The predicted molar refractivity (Wildman–Crippen MR) is 129 cm³/mol. The molecule has 1 aliphatic rings. The van der Waals surface area contributed by atoms with Crippen LogP contribution in [0, 0.1) is 13.8 Å².